The second kappa shape index (κ2) is 18.2. The molecule has 2 aliphatic heterocycles. The zero-order valence-corrected chi connectivity index (χ0v) is 31.1. The molecular weight excluding hydrogens is 722 g/mol. The Hall–Kier alpha value is -4.60. The number of benzene rings is 1. The van der Waals surface area contributed by atoms with Gasteiger partial charge in [0.05, 0.1) is 30.8 Å². The van der Waals surface area contributed by atoms with Crippen molar-refractivity contribution >= 4 is 66.3 Å². The number of carboxylic acids is 1. The molecule has 0 bridgehead atoms. The molecule has 0 fully saturated rings. The Balaban J connectivity index is 0.000000240. The van der Waals surface area contributed by atoms with E-state index in [0.29, 0.717) is 35.9 Å². The number of thioether (sulfide) groups is 1. The van der Waals surface area contributed by atoms with Crippen LogP contribution in [0.4, 0.5) is 27.7 Å². The van der Waals surface area contributed by atoms with Gasteiger partial charge in [0.15, 0.2) is 17.6 Å². The van der Waals surface area contributed by atoms with Crippen LogP contribution >= 0.6 is 19.4 Å². The fraction of sp³-hybridized carbons (Fsp3) is 0.469. The van der Waals surface area contributed by atoms with Gasteiger partial charge in [-0.15, -0.1) is 6.42 Å². The maximum Gasteiger partial charge on any atom is 0.339 e. The molecule has 20 heteroatoms. The van der Waals surface area contributed by atoms with E-state index in [0.717, 1.165) is 35.5 Å². The van der Waals surface area contributed by atoms with E-state index < -0.39 is 44.0 Å². The molecular formula is C32H42FN8O9PS. The van der Waals surface area contributed by atoms with Gasteiger partial charge in [0.25, 0.3) is 17.7 Å². The number of halogens is 1. The van der Waals surface area contributed by atoms with Crippen LogP contribution < -0.4 is 30.5 Å². The number of aromatic nitrogens is 3. The van der Waals surface area contributed by atoms with E-state index in [-0.39, 0.29) is 41.7 Å². The Bertz CT molecular complexity index is 1780. The average molecular weight is 765 g/mol. The molecule has 0 spiro atoms. The second-order valence-corrected chi connectivity index (χ2v) is 14.8. The van der Waals surface area contributed by atoms with Gasteiger partial charge in [0.2, 0.25) is 11.9 Å². The highest BCUT2D eigenvalue weighted by Crippen LogP contribution is 2.41. The molecule has 1 aliphatic carbocycles. The van der Waals surface area contributed by atoms with Crippen molar-refractivity contribution in [1.29, 1.82) is 0 Å². The molecule has 6 N–H and O–H groups in total. The van der Waals surface area contributed by atoms with Crippen molar-refractivity contribution < 1.29 is 47.8 Å². The van der Waals surface area contributed by atoms with Gasteiger partial charge in [0, 0.05) is 29.3 Å². The summed E-state index contributed by atoms with van der Waals surface area (Å²) in [6.45, 7) is 8.33. The predicted molar refractivity (Wildman–Crippen MR) is 193 cm³/mol. The number of carboxylic acid groups (broad SMARTS) is 1. The van der Waals surface area contributed by atoms with Gasteiger partial charge in [0.1, 0.15) is 5.75 Å². The first-order valence-electron chi connectivity index (χ1n) is 16.0. The molecule has 3 amide bonds. The van der Waals surface area contributed by atoms with E-state index in [1.165, 1.54) is 22.7 Å². The summed E-state index contributed by atoms with van der Waals surface area (Å²) in [5, 5.41) is 17.1. The van der Waals surface area contributed by atoms with E-state index in [2.05, 4.69) is 57.6 Å². The Morgan fingerprint density at radius 1 is 1.08 bits per heavy atom. The standard InChI is InChI=1S/C19H15FN2O4.C10H19N5S.C3H8NO5P/c1-2-7-21-15-9-14(13(20)8-16(15)26-10-17(21)23)22-18(24)11-5-3-4-6-12(11)19(22)25;1-6-11-7-12-8(15-10(2,3)4)14-9(13-7)16-5;5-3(6)1-4-2-10(7,8)9/h1,8-9H,3-7,10H2;6H2,1-5H3,(H2,11,12,13,14,15);4H,1-2H2,(H,5,6)(H2,7,8,9). The molecule has 0 saturated carbocycles. The molecule has 52 heavy (non-hydrogen) atoms. The molecule has 5 rings (SSSR count). The first-order valence-corrected chi connectivity index (χ1v) is 19.0. The maximum atomic E-state index is 14.7. The summed E-state index contributed by atoms with van der Waals surface area (Å²) in [6, 6.07) is 2.37. The summed E-state index contributed by atoms with van der Waals surface area (Å²) in [6.07, 6.45) is 9.36. The lowest BCUT2D eigenvalue weighted by atomic mass is 9.93. The number of rotatable bonds is 10. The number of imide groups is 1. The van der Waals surface area contributed by atoms with Crippen LogP contribution in [0.5, 0.6) is 5.75 Å². The quantitative estimate of drug-likeness (QED) is 0.0883. The molecule has 17 nitrogen and oxygen atoms in total. The number of terminal acetylenes is 1. The van der Waals surface area contributed by atoms with Gasteiger partial charge in [-0.2, -0.15) is 15.0 Å². The maximum absolute atomic E-state index is 14.7. The number of carbonyl (C=O) groups is 4. The number of hydrogen-bond acceptors (Lipinski definition) is 13. The van der Waals surface area contributed by atoms with Crippen molar-refractivity contribution in [2.75, 3.05) is 59.2 Å². The minimum Gasteiger partial charge on any atom is -0.481 e. The number of amides is 3. The largest absolute Gasteiger partial charge is 0.481 e. The van der Waals surface area contributed by atoms with Crippen molar-refractivity contribution in [3.8, 4) is 18.1 Å². The van der Waals surface area contributed by atoms with Crippen LogP contribution in [0.25, 0.3) is 0 Å². The summed E-state index contributed by atoms with van der Waals surface area (Å²) >= 11 is 1.51. The van der Waals surface area contributed by atoms with Gasteiger partial charge in [-0.1, -0.05) is 17.7 Å². The molecule has 0 atom stereocenters. The van der Waals surface area contributed by atoms with Gasteiger partial charge in [-0.25, -0.2) is 9.29 Å². The van der Waals surface area contributed by atoms with Gasteiger partial charge in [-0.3, -0.25) is 34.0 Å². The van der Waals surface area contributed by atoms with E-state index in [1.807, 2.05) is 13.2 Å². The molecule has 1 aromatic heterocycles. The van der Waals surface area contributed by atoms with Crippen LogP contribution in [0.15, 0.2) is 28.4 Å². The first kappa shape index (κ1) is 41.8. The van der Waals surface area contributed by atoms with Crippen molar-refractivity contribution in [3.63, 3.8) is 0 Å². The smallest absolute Gasteiger partial charge is 0.339 e. The Morgan fingerprint density at radius 3 is 2.21 bits per heavy atom. The lowest BCUT2D eigenvalue weighted by molar-refractivity contribution is -0.136. The molecule has 2 aromatic rings. The number of carbonyl (C=O) groups excluding carboxylic acids is 3. The zero-order chi connectivity index (χ0) is 38.8. The minimum absolute atomic E-state index is 0.0170. The van der Waals surface area contributed by atoms with Crippen LogP contribution in [-0.2, 0) is 23.7 Å². The number of nitrogens with one attached hydrogen (secondary N) is 3. The van der Waals surface area contributed by atoms with E-state index >= 15 is 0 Å². The predicted octanol–water partition coefficient (Wildman–Crippen LogP) is 2.96. The normalized spacial score (nSPS) is 15.3. The summed E-state index contributed by atoms with van der Waals surface area (Å²) in [4.78, 5) is 78.6. The van der Waals surface area contributed by atoms with Crippen molar-refractivity contribution in [1.82, 2.24) is 20.3 Å². The Kier molecular flexibility index (Phi) is 14.7. The molecule has 282 valence electrons. The fourth-order valence-corrected chi connectivity index (χ4v) is 5.75. The second-order valence-electron chi connectivity index (χ2n) is 12.4. The Morgan fingerprint density at radius 2 is 1.69 bits per heavy atom. The number of aliphatic carboxylic acids is 1. The minimum atomic E-state index is -4.10. The van der Waals surface area contributed by atoms with Gasteiger partial charge >= 0.3 is 13.6 Å². The zero-order valence-electron chi connectivity index (χ0n) is 29.4. The third kappa shape index (κ3) is 11.7. The topological polar surface area (TPSA) is 237 Å². The third-order valence-electron chi connectivity index (χ3n) is 7.07. The van der Waals surface area contributed by atoms with E-state index in [9.17, 15) is 28.1 Å². The van der Waals surface area contributed by atoms with Crippen molar-refractivity contribution in [2.24, 2.45) is 0 Å². The van der Waals surface area contributed by atoms with Crippen LogP contribution in [-0.4, -0.2) is 97.9 Å². The highest BCUT2D eigenvalue weighted by Gasteiger charge is 2.41. The molecule has 0 saturated heterocycles. The fourth-order valence-electron chi connectivity index (χ4n) is 4.99. The highest BCUT2D eigenvalue weighted by molar-refractivity contribution is 7.98. The molecule has 1 aromatic carbocycles. The van der Waals surface area contributed by atoms with E-state index in [1.54, 1.807) is 0 Å². The van der Waals surface area contributed by atoms with Gasteiger partial charge < -0.3 is 30.3 Å². The van der Waals surface area contributed by atoms with Crippen LogP contribution in [0.2, 0.25) is 0 Å². The summed E-state index contributed by atoms with van der Waals surface area (Å²) in [7, 11) is -4.10. The summed E-state index contributed by atoms with van der Waals surface area (Å²) < 4.78 is 30.0. The van der Waals surface area contributed by atoms with Crippen LogP contribution in [0.3, 0.4) is 0 Å². The SMILES string of the molecule is C#CCN1C(=O)COc2cc(F)c(N3C(=O)C4=C(CCCC4)C3=O)cc21.CCNc1nc(NC(C)(C)C)nc(SC)n1.O=C(O)CNCP(=O)(O)O. The lowest BCUT2D eigenvalue weighted by Gasteiger charge is -2.29. The number of fused-ring (bicyclic) bond motifs is 1. The molecule has 0 unspecified atom stereocenters. The Labute approximate surface area is 304 Å². The number of ether oxygens (including phenoxy) is 1. The number of hydrogen-bond donors (Lipinski definition) is 6. The highest BCUT2D eigenvalue weighted by atomic mass is 32.2. The first-order chi connectivity index (χ1) is 24.4. The molecule has 3 aliphatic rings. The molecule has 0 radical (unpaired) electrons. The van der Waals surface area contributed by atoms with E-state index in [4.69, 9.17) is 26.1 Å². The summed E-state index contributed by atoms with van der Waals surface area (Å²) in [5.74, 6) is 0.494. The average Bonchev–Trinajstić information content (AvgIpc) is 3.30. The monoisotopic (exact) mass is 764 g/mol. The van der Waals surface area contributed by atoms with Crippen molar-refractivity contribution in [2.45, 2.75) is 64.1 Å². The number of anilines is 4. The van der Waals surface area contributed by atoms with Crippen LogP contribution in [0, 0.1) is 18.2 Å². The molecule has 3 heterocycles. The van der Waals surface area contributed by atoms with Crippen LogP contribution in [0.1, 0.15) is 53.4 Å². The third-order valence-corrected chi connectivity index (χ3v) is 8.25. The van der Waals surface area contributed by atoms with Gasteiger partial charge in [-0.05, 0) is 65.7 Å². The number of nitrogens with zero attached hydrogens (tertiary/aromatic N) is 5. The van der Waals surface area contributed by atoms with Crippen molar-refractivity contribution in [3.05, 3.63) is 29.1 Å². The summed E-state index contributed by atoms with van der Waals surface area (Å²) in [5.41, 5.74) is 0.937. The lowest BCUT2D eigenvalue weighted by Crippen LogP contribution is -2.39.